The van der Waals surface area contributed by atoms with Gasteiger partial charge in [-0.1, -0.05) is 0 Å². The van der Waals surface area contributed by atoms with Crippen LogP contribution in [0.25, 0.3) is 0 Å². The van der Waals surface area contributed by atoms with Crippen molar-refractivity contribution in [3.05, 3.63) is 33.7 Å². The van der Waals surface area contributed by atoms with Crippen LogP contribution in [0.3, 0.4) is 0 Å². The number of hydrogen-bond acceptors (Lipinski definition) is 3. The van der Waals surface area contributed by atoms with E-state index in [-0.39, 0.29) is 16.9 Å². The summed E-state index contributed by atoms with van der Waals surface area (Å²) >= 11 is 0. The molecule has 0 radical (unpaired) electrons. The zero-order valence-corrected chi connectivity index (χ0v) is 13.5. The number of carbonyl (C=O) groups is 1. The normalized spacial score (nSPS) is 26.4. The number of nitrogens with zero attached hydrogens (tertiary/aromatic N) is 2. The van der Waals surface area contributed by atoms with Crippen molar-refractivity contribution in [3.63, 3.8) is 0 Å². The number of aromatic amines is 1. The minimum atomic E-state index is -0.201. The Hall–Kier alpha value is -1.62. The van der Waals surface area contributed by atoms with Crippen LogP contribution in [0.2, 0.25) is 0 Å². The predicted octanol–water partition coefficient (Wildman–Crippen LogP) is 1.63. The summed E-state index contributed by atoms with van der Waals surface area (Å²) in [5, 5.41) is 0. The maximum atomic E-state index is 12.8. The van der Waals surface area contributed by atoms with E-state index in [2.05, 4.69) is 16.9 Å². The fourth-order valence-electron chi connectivity index (χ4n) is 4.16. The molecule has 0 unspecified atom stereocenters. The summed E-state index contributed by atoms with van der Waals surface area (Å²) < 4.78 is 0. The zero-order chi connectivity index (χ0) is 15.7. The van der Waals surface area contributed by atoms with Crippen molar-refractivity contribution < 1.29 is 4.79 Å². The van der Waals surface area contributed by atoms with Gasteiger partial charge in [-0.3, -0.25) is 9.59 Å². The van der Waals surface area contributed by atoms with E-state index in [9.17, 15) is 9.59 Å². The fourth-order valence-corrected chi connectivity index (χ4v) is 4.16. The first-order chi connectivity index (χ1) is 10.5. The highest BCUT2D eigenvalue weighted by Gasteiger charge is 2.39. The van der Waals surface area contributed by atoms with Crippen molar-refractivity contribution in [2.45, 2.75) is 32.6 Å². The molecule has 120 valence electrons. The van der Waals surface area contributed by atoms with Crippen molar-refractivity contribution in [2.24, 2.45) is 5.41 Å². The Morgan fingerprint density at radius 3 is 2.59 bits per heavy atom. The molecule has 0 saturated carbocycles. The molecule has 1 atom stereocenters. The summed E-state index contributed by atoms with van der Waals surface area (Å²) in [7, 11) is 2.17. The largest absolute Gasteiger partial charge is 0.338 e. The molecule has 2 aliphatic heterocycles. The summed E-state index contributed by atoms with van der Waals surface area (Å²) in [6, 6.07) is 3.20. The van der Waals surface area contributed by atoms with Crippen LogP contribution >= 0.6 is 0 Å². The lowest BCUT2D eigenvalue weighted by Crippen LogP contribution is -2.52. The number of aryl methyl sites for hydroxylation is 1. The van der Waals surface area contributed by atoms with Crippen molar-refractivity contribution in [2.75, 3.05) is 33.2 Å². The highest BCUT2D eigenvalue weighted by Crippen LogP contribution is 2.38. The summed E-state index contributed by atoms with van der Waals surface area (Å²) in [5.41, 5.74) is 1.30. The third-order valence-corrected chi connectivity index (χ3v) is 5.03. The minimum absolute atomic E-state index is 0.00139. The number of rotatable bonds is 1. The van der Waals surface area contributed by atoms with Crippen molar-refractivity contribution in [1.29, 1.82) is 0 Å². The van der Waals surface area contributed by atoms with Crippen LogP contribution in [0.1, 0.15) is 41.7 Å². The molecule has 3 rings (SSSR count). The molecule has 0 aromatic carbocycles. The van der Waals surface area contributed by atoms with E-state index in [4.69, 9.17) is 0 Å². The Balaban J connectivity index is 1.79. The van der Waals surface area contributed by atoms with E-state index in [1.165, 1.54) is 25.3 Å². The van der Waals surface area contributed by atoms with Gasteiger partial charge in [-0.25, -0.2) is 0 Å². The summed E-state index contributed by atoms with van der Waals surface area (Å²) in [6.45, 7) is 5.66. The minimum Gasteiger partial charge on any atom is -0.338 e. The van der Waals surface area contributed by atoms with Gasteiger partial charge < -0.3 is 14.8 Å². The zero-order valence-electron chi connectivity index (χ0n) is 13.5. The van der Waals surface area contributed by atoms with Gasteiger partial charge in [0, 0.05) is 42.4 Å². The van der Waals surface area contributed by atoms with Crippen LogP contribution < -0.4 is 5.56 Å². The van der Waals surface area contributed by atoms with Gasteiger partial charge in [0.2, 0.25) is 5.56 Å². The molecular weight excluding hydrogens is 278 g/mol. The Morgan fingerprint density at radius 2 is 1.91 bits per heavy atom. The average Bonchev–Trinajstić information content (AvgIpc) is 2.45. The van der Waals surface area contributed by atoms with Gasteiger partial charge in [-0.15, -0.1) is 0 Å². The van der Waals surface area contributed by atoms with Gasteiger partial charge in [0.15, 0.2) is 0 Å². The van der Waals surface area contributed by atoms with Crippen LogP contribution in [-0.4, -0.2) is 53.9 Å². The highest BCUT2D eigenvalue weighted by molar-refractivity contribution is 5.94. The first kappa shape index (κ1) is 15.3. The first-order valence-electron chi connectivity index (χ1n) is 8.16. The number of hydrogen-bond donors (Lipinski definition) is 1. The van der Waals surface area contributed by atoms with E-state index >= 15 is 0 Å². The van der Waals surface area contributed by atoms with Gasteiger partial charge in [-0.2, -0.15) is 0 Å². The van der Waals surface area contributed by atoms with Crippen LogP contribution in [0.15, 0.2) is 16.9 Å². The summed E-state index contributed by atoms with van der Waals surface area (Å²) in [5.74, 6) is 0.00139. The van der Waals surface area contributed by atoms with Crippen molar-refractivity contribution in [1.82, 2.24) is 14.8 Å². The summed E-state index contributed by atoms with van der Waals surface area (Å²) in [6.07, 6.45) is 4.68. The molecular formula is C17H25N3O2. The van der Waals surface area contributed by atoms with E-state index in [0.717, 1.165) is 38.3 Å². The maximum Gasteiger partial charge on any atom is 0.254 e. The number of H-pyrrole nitrogens is 1. The monoisotopic (exact) mass is 303 g/mol. The Bertz CT molecular complexity index is 621. The smallest absolute Gasteiger partial charge is 0.254 e. The second-order valence-corrected chi connectivity index (χ2v) is 7.09. The number of pyridine rings is 1. The number of aromatic nitrogens is 1. The summed E-state index contributed by atoms with van der Waals surface area (Å²) in [4.78, 5) is 31.4. The number of piperidine rings is 2. The van der Waals surface area contributed by atoms with E-state index < -0.39 is 0 Å². The third-order valence-electron chi connectivity index (χ3n) is 5.03. The lowest BCUT2D eigenvalue weighted by Gasteiger charge is -2.47. The first-order valence-corrected chi connectivity index (χ1v) is 8.16. The van der Waals surface area contributed by atoms with Crippen LogP contribution in [-0.2, 0) is 0 Å². The molecule has 0 bridgehead atoms. The van der Waals surface area contributed by atoms with E-state index in [1.807, 2.05) is 11.8 Å². The van der Waals surface area contributed by atoms with E-state index in [0.29, 0.717) is 5.56 Å². The number of amides is 1. The van der Waals surface area contributed by atoms with Crippen molar-refractivity contribution >= 4 is 5.91 Å². The molecule has 22 heavy (non-hydrogen) atoms. The Kier molecular flexibility index (Phi) is 4.08. The molecule has 5 nitrogen and oxygen atoms in total. The Morgan fingerprint density at radius 1 is 1.18 bits per heavy atom. The van der Waals surface area contributed by atoms with Crippen LogP contribution in [0.5, 0.6) is 0 Å². The quantitative estimate of drug-likeness (QED) is 0.858. The molecule has 1 spiro atoms. The fraction of sp³-hybridized carbons (Fsp3) is 0.647. The molecule has 1 amide bonds. The maximum absolute atomic E-state index is 12.8. The van der Waals surface area contributed by atoms with Crippen LogP contribution in [0, 0.1) is 12.3 Å². The molecule has 0 aliphatic carbocycles. The second-order valence-electron chi connectivity index (χ2n) is 7.09. The highest BCUT2D eigenvalue weighted by atomic mass is 16.2. The van der Waals surface area contributed by atoms with Gasteiger partial charge in [0.1, 0.15) is 0 Å². The third kappa shape index (κ3) is 3.09. The predicted molar refractivity (Wildman–Crippen MR) is 86.1 cm³/mol. The molecule has 2 fully saturated rings. The van der Waals surface area contributed by atoms with Crippen LogP contribution in [0.4, 0.5) is 0 Å². The second kappa shape index (κ2) is 5.88. The molecule has 1 aromatic heterocycles. The van der Waals surface area contributed by atoms with E-state index in [1.54, 1.807) is 6.07 Å². The van der Waals surface area contributed by atoms with Gasteiger partial charge in [0.05, 0.1) is 0 Å². The SMILES string of the molecule is Cc1cc(C(=O)N2CCC[C@@]3(CCCN(C)C3)C2)cc(=O)[nH]1. The number of nitrogens with one attached hydrogen (secondary N) is 1. The van der Waals surface area contributed by atoms with Crippen molar-refractivity contribution in [3.8, 4) is 0 Å². The molecule has 2 saturated heterocycles. The molecule has 3 heterocycles. The number of likely N-dealkylation sites (tertiary alicyclic amines) is 2. The van der Waals surface area contributed by atoms with Gasteiger partial charge in [0.25, 0.3) is 5.91 Å². The lowest BCUT2D eigenvalue weighted by atomic mass is 9.74. The van der Waals surface area contributed by atoms with Gasteiger partial charge in [-0.05, 0) is 52.3 Å². The molecule has 1 aromatic rings. The molecule has 1 N–H and O–H groups in total. The topological polar surface area (TPSA) is 56.4 Å². The van der Waals surface area contributed by atoms with Gasteiger partial charge >= 0.3 is 0 Å². The lowest BCUT2D eigenvalue weighted by molar-refractivity contribution is 0.0206. The number of carbonyl (C=O) groups excluding carboxylic acids is 1. The average molecular weight is 303 g/mol. The standard InChI is InChI=1S/C17H25N3O2/c1-13-9-14(10-15(21)18-13)16(22)20-8-4-6-17(12-20)5-3-7-19(2)11-17/h9-10H,3-8,11-12H2,1-2H3,(H,18,21)/t17-/m1/s1. The molecule has 2 aliphatic rings. The Labute approximate surface area is 131 Å². The molecule has 5 heteroatoms.